The number of carbonyl (C=O) groups excluding carboxylic acids is 1. The molecule has 3 heterocycles. The monoisotopic (exact) mass is 371 g/mol. The van der Waals surface area contributed by atoms with Gasteiger partial charge < -0.3 is 25.3 Å². The third-order valence-corrected chi connectivity index (χ3v) is 4.61. The van der Waals surface area contributed by atoms with Crippen LogP contribution >= 0.6 is 11.6 Å². The van der Waals surface area contributed by atoms with Crippen LogP contribution in [0.5, 0.6) is 5.75 Å². The van der Waals surface area contributed by atoms with Gasteiger partial charge in [0.25, 0.3) is 0 Å². The van der Waals surface area contributed by atoms with Crippen molar-refractivity contribution in [2.75, 3.05) is 5.32 Å². The Morgan fingerprint density at radius 2 is 2.12 bits per heavy atom. The maximum atomic E-state index is 13.0. The van der Waals surface area contributed by atoms with Crippen LogP contribution < -0.4 is 21.2 Å². The van der Waals surface area contributed by atoms with E-state index in [1.807, 2.05) is 6.07 Å². The maximum Gasteiger partial charge on any atom is 0.248 e. The maximum absolute atomic E-state index is 13.0. The highest BCUT2D eigenvalue weighted by Gasteiger charge is 2.59. The van der Waals surface area contributed by atoms with Gasteiger partial charge in [-0.3, -0.25) is 9.59 Å². The second-order valence-corrected chi connectivity index (χ2v) is 6.18. The Morgan fingerprint density at radius 3 is 2.81 bits per heavy atom. The van der Waals surface area contributed by atoms with Crippen molar-refractivity contribution in [3.05, 3.63) is 68.1 Å². The molecule has 2 aliphatic heterocycles. The third kappa shape index (κ3) is 1.87. The molecule has 1 aromatic heterocycles. The lowest BCUT2D eigenvalue weighted by atomic mass is 9.72. The number of aliphatic hydroxyl groups is 1. The highest BCUT2D eigenvalue weighted by molar-refractivity contribution is 6.31. The van der Waals surface area contributed by atoms with Crippen LogP contribution in [0, 0.1) is 11.3 Å². The predicted octanol–water partition coefficient (Wildman–Crippen LogP) is 1.11. The summed E-state index contributed by atoms with van der Waals surface area (Å²) in [5.41, 5.74) is 3.83. The Hall–Kier alpha value is -3.28. The van der Waals surface area contributed by atoms with Crippen LogP contribution in [0.1, 0.15) is 17.1 Å². The Bertz CT molecular complexity index is 1110. The first-order valence-electron chi connectivity index (χ1n) is 7.41. The minimum Gasteiger partial charge on any atom is -0.457 e. The van der Waals surface area contributed by atoms with Crippen molar-refractivity contribution in [2.45, 2.75) is 12.0 Å². The van der Waals surface area contributed by atoms with E-state index in [-0.39, 0.29) is 28.7 Å². The number of amides is 1. The number of rotatable bonds is 1. The van der Waals surface area contributed by atoms with Gasteiger partial charge in [0, 0.05) is 22.3 Å². The molecule has 2 aliphatic rings. The largest absolute Gasteiger partial charge is 0.457 e. The first-order valence-corrected chi connectivity index (χ1v) is 7.79. The Labute approximate surface area is 151 Å². The number of anilines is 1. The lowest BCUT2D eigenvalue weighted by Gasteiger charge is -2.31. The van der Waals surface area contributed by atoms with Gasteiger partial charge in [0.15, 0.2) is 11.2 Å². The molecule has 1 atom stereocenters. The van der Waals surface area contributed by atoms with Gasteiger partial charge in [0.05, 0.1) is 0 Å². The molecule has 1 aromatic carbocycles. The van der Waals surface area contributed by atoms with E-state index in [9.17, 15) is 20.0 Å². The molecule has 1 amide bonds. The van der Waals surface area contributed by atoms with Crippen LogP contribution in [-0.4, -0.2) is 11.0 Å². The topological polar surface area (TPSA) is 139 Å². The average molecular weight is 372 g/mol. The summed E-state index contributed by atoms with van der Waals surface area (Å²) >= 11 is 6.08. The van der Waals surface area contributed by atoms with Gasteiger partial charge in [0.2, 0.25) is 23.0 Å². The Kier molecular flexibility index (Phi) is 3.34. The van der Waals surface area contributed by atoms with Gasteiger partial charge in [-0.15, -0.1) is 0 Å². The summed E-state index contributed by atoms with van der Waals surface area (Å²) in [6, 6.07) is 7.53. The van der Waals surface area contributed by atoms with Gasteiger partial charge in [-0.2, -0.15) is 5.26 Å². The van der Waals surface area contributed by atoms with Crippen LogP contribution in [0.2, 0.25) is 5.02 Å². The molecule has 8 nitrogen and oxygen atoms in total. The summed E-state index contributed by atoms with van der Waals surface area (Å²) < 4.78 is 10.9. The number of nitriles is 1. The molecule has 1 spiro atoms. The first kappa shape index (κ1) is 16.2. The molecule has 0 aliphatic carbocycles. The quantitative estimate of drug-likeness (QED) is 0.682. The fourth-order valence-electron chi connectivity index (χ4n) is 3.30. The van der Waals surface area contributed by atoms with E-state index in [2.05, 4.69) is 5.32 Å². The molecular weight excluding hydrogens is 362 g/mol. The number of ether oxygens (including phenoxy) is 1. The minimum atomic E-state index is -1.84. The summed E-state index contributed by atoms with van der Waals surface area (Å²) in [5.74, 6) is -1.65. The van der Waals surface area contributed by atoms with E-state index < -0.39 is 23.4 Å². The average Bonchev–Trinajstić information content (AvgIpc) is 2.89. The second-order valence-electron chi connectivity index (χ2n) is 5.74. The number of halogens is 1. The van der Waals surface area contributed by atoms with E-state index >= 15 is 0 Å². The van der Waals surface area contributed by atoms with Crippen molar-refractivity contribution in [2.24, 2.45) is 5.73 Å². The SMILES string of the molecule is N#CC1=C(N)Oc2c(oc(CO)cc2=O)[C@@]12C(=O)Nc1ccc(Cl)cc12. The first-order chi connectivity index (χ1) is 12.4. The summed E-state index contributed by atoms with van der Waals surface area (Å²) in [4.78, 5) is 25.4. The Morgan fingerprint density at radius 1 is 1.35 bits per heavy atom. The number of nitrogens with one attached hydrogen (secondary N) is 1. The van der Waals surface area contributed by atoms with Crippen molar-refractivity contribution in [3.8, 4) is 11.8 Å². The Balaban J connectivity index is 2.20. The van der Waals surface area contributed by atoms with Crippen LogP contribution in [0.4, 0.5) is 5.69 Å². The zero-order valence-electron chi connectivity index (χ0n) is 13.0. The van der Waals surface area contributed by atoms with Crippen LogP contribution in [0.3, 0.4) is 0 Å². The van der Waals surface area contributed by atoms with Gasteiger partial charge >= 0.3 is 0 Å². The highest BCUT2D eigenvalue weighted by Crippen LogP contribution is 2.53. The van der Waals surface area contributed by atoms with Crippen LogP contribution in [-0.2, 0) is 16.8 Å². The van der Waals surface area contributed by atoms with Crippen molar-refractivity contribution in [1.29, 1.82) is 5.26 Å². The smallest absolute Gasteiger partial charge is 0.248 e. The highest BCUT2D eigenvalue weighted by atomic mass is 35.5. The molecule has 4 N–H and O–H groups in total. The van der Waals surface area contributed by atoms with E-state index in [4.69, 9.17) is 26.5 Å². The number of carbonyl (C=O) groups is 1. The number of benzene rings is 1. The molecule has 0 bridgehead atoms. The van der Waals surface area contributed by atoms with Crippen molar-refractivity contribution in [1.82, 2.24) is 0 Å². The number of fused-ring (bicyclic) bond motifs is 4. The number of aliphatic hydroxyl groups excluding tert-OH is 1. The lowest BCUT2D eigenvalue weighted by molar-refractivity contribution is -0.119. The fourth-order valence-corrected chi connectivity index (χ4v) is 3.47. The molecule has 0 radical (unpaired) electrons. The predicted molar refractivity (Wildman–Crippen MR) is 89.2 cm³/mol. The number of nitrogens with zero attached hydrogens (tertiary/aromatic N) is 1. The zero-order chi connectivity index (χ0) is 18.6. The fraction of sp³-hybridized carbons (Fsp3) is 0.118. The summed E-state index contributed by atoms with van der Waals surface area (Å²) in [7, 11) is 0. The van der Waals surface area contributed by atoms with Gasteiger partial charge in [-0.1, -0.05) is 11.6 Å². The van der Waals surface area contributed by atoms with Crippen molar-refractivity contribution in [3.63, 3.8) is 0 Å². The normalized spacial score (nSPS) is 20.3. The molecule has 130 valence electrons. The van der Waals surface area contributed by atoms with Crippen LogP contribution in [0.15, 0.2) is 44.9 Å². The molecule has 0 unspecified atom stereocenters. The third-order valence-electron chi connectivity index (χ3n) is 4.37. The molecule has 0 saturated carbocycles. The molecule has 0 fully saturated rings. The molecule has 9 heteroatoms. The lowest BCUT2D eigenvalue weighted by Crippen LogP contribution is -2.43. The van der Waals surface area contributed by atoms with Gasteiger partial charge in [-0.25, -0.2) is 0 Å². The van der Waals surface area contributed by atoms with E-state index in [0.717, 1.165) is 6.07 Å². The minimum absolute atomic E-state index is 0.0854. The van der Waals surface area contributed by atoms with Crippen molar-refractivity contribution < 1.29 is 19.1 Å². The zero-order valence-corrected chi connectivity index (χ0v) is 13.8. The summed E-state index contributed by atoms with van der Waals surface area (Å²) in [6.45, 7) is -0.580. The van der Waals surface area contributed by atoms with Gasteiger partial charge in [-0.05, 0) is 18.2 Å². The summed E-state index contributed by atoms with van der Waals surface area (Å²) in [5, 5.41) is 22.0. The van der Waals surface area contributed by atoms with E-state index in [0.29, 0.717) is 16.3 Å². The summed E-state index contributed by atoms with van der Waals surface area (Å²) in [6.07, 6.45) is 0. The molecule has 0 saturated heterocycles. The number of hydrogen-bond donors (Lipinski definition) is 3. The molecule has 26 heavy (non-hydrogen) atoms. The van der Waals surface area contributed by atoms with Crippen molar-refractivity contribution >= 4 is 23.2 Å². The van der Waals surface area contributed by atoms with E-state index in [1.165, 1.54) is 6.07 Å². The van der Waals surface area contributed by atoms with Gasteiger partial charge in [0.1, 0.15) is 24.0 Å². The molecular formula is C17H10ClN3O5. The molecule has 4 rings (SSSR count). The second kappa shape index (κ2) is 5.36. The number of hydrogen-bond acceptors (Lipinski definition) is 7. The standard InChI is InChI=1S/C17H10ClN3O5/c18-7-1-2-11-9(3-7)17(16(24)21-11)10(5-19)15(20)26-13-12(23)4-8(6-22)25-14(13)17/h1-4,22H,6,20H2,(H,21,24)/t17-/m0/s1. The van der Waals surface area contributed by atoms with E-state index in [1.54, 1.807) is 12.1 Å². The number of nitrogens with two attached hydrogens (primary N) is 1. The van der Waals surface area contributed by atoms with Crippen LogP contribution in [0.25, 0.3) is 0 Å². The molecule has 2 aromatic rings.